The van der Waals surface area contributed by atoms with E-state index in [2.05, 4.69) is 0 Å². The Labute approximate surface area is 238 Å². The van der Waals surface area contributed by atoms with Crippen LogP contribution in [0.1, 0.15) is 68.1 Å². The fourth-order valence-electron chi connectivity index (χ4n) is 4.26. The van der Waals surface area contributed by atoms with E-state index < -0.39 is 40.9 Å². The summed E-state index contributed by atoms with van der Waals surface area (Å²) in [7, 11) is 0. The van der Waals surface area contributed by atoms with Gasteiger partial charge in [0.2, 0.25) is 0 Å². The summed E-state index contributed by atoms with van der Waals surface area (Å²) < 4.78 is 20.4. The maximum atomic E-state index is 13.7. The van der Waals surface area contributed by atoms with Gasteiger partial charge in [-0.3, -0.25) is 19.1 Å². The molecule has 0 fully saturated rings. The highest BCUT2D eigenvalue weighted by Crippen LogP contribution is 2.21. The molecule has 0 radical (unpaired) electrons. The molecule has 0 aliphatic heterocycles. The molecule has 1 aromatic heterocycles. The van der Waals surface area contributed by atoms with Crippen LogP contribution in [0, 0.1) is 18.7 Å². The summed E-state index contributed by atoms with van der Waals surface area (Å²) in [6, 6.07) is 10.7. The lowest BCUT2D eigenvalue weighted by Crippen LogP contribution is -2.47. The third kappa shape index (κ3) is 7.81. The minimum atomic E-state index is -1.14. The number of aliphatic carboxylic acids is 1. The van der Waals surface area contributed by atoms with Gasteiger partial charge in [0.15, 0.2) is 5.78 Å². The molecule has 0 saturated heterocycles. The van der Waals surface area contributed by atoms with Crippen LogP contribution in [-0.2, 0) is 16.1 Å². The number of pyridine rings is 1. The van der Waals surface area contributed by atoms with Crippen molar-refractivity contribution in [3.8, 4) is 5.69 Å². The summed E-state index contributed by atoms with van der Waals surface area (Å²) >= 11 is 0. The Bertz CT molecular complexity index is 1510. The minimum absolute atomic E-state index is 0.00885. The number of benzene rings is 2. The van der Waals surface area contributed by atoms with Gasteiger partial charge in [0.25, 0.3) is 5.56 Å². The number of carbonyl (C=O) groups is 3. The van der Waals surface area contributed by atoms with Crippen molar-refractivity contribution in [2.24, 2.45) is 5.92 Å². The number of hydrogen-bond donors (Lipinski definition) is 2. The molecule has 0 aliphatic carbocycles. The molecule has 218 valence electrons. The van der Waals surface area contributed by atoms with Crippen LogP contribution in [0.25, 0.3) is 5.69 Å². The van der Waals surface area contributed by atoms with Crippen LogP contribution in [0.2, 0.25) is 0 Å². The maximum Gasteiger partial charge on any atom is 0.411 e. The number of ether oxygens (including phenoxy) is 1. The number of carbonyl (C=O) groups excluding carboxylic acids is 2. The van der Waals surface area contributed by atoms with Gasteiger partial charge in [0.1, 0.15) is 17.5 Å². The second-order valence-corrected chi connectivity index (χ2v) is 11.4. The SMILES string of the molecule is Cc1cc(C(=O)c2cc(N)c(=O)n(-c3ccc(CN(C(=O)OC(C)(C)C)C(CC(C)C)C(=O)O)cc3)c2)ccc1F. The number of hydrogen-bond acceptors (Lipinski definition) is 6. The van der Waals surface area contributed by atoms with Crippen LogP contribution in [0.15, 0.2) is 59.5 Å². The predicted molar refractivity (Wildman–Crippen MR) is 154 cm³/mol. The Morgan fingerprint density at radius 2 is 1.68 bits per heavy atom. The molecule has 3 rings (SSSR count). The third-order valence-corrected chi connectivity index (χ3v) is 6.28. The quantitative estimate of drug-likeness (QED) is 0.335. The summed E-state index contributed by atoms with van der Waals surface area (Å²) in [5.74, 6) is -1.99. The number of amides is 1. The van der Waals surface area contributed by atoms with Gasteiger partial charge >= 0.3 is 12.1 Å². The van der Waals surface area contributed by atoms with E-state index in [0.717, 1.165) is 0 Å². The van der Waals surface area contributed by atoms with Gasteiger partial charge in [-0.2, -0.15) is 0 Å². The van der Waals surface area contributed by atoms with Gasteiger partial charge < -0.3 is 15.6 Å². The fourth-order valence-corrected chi connectivity index (χ4v) is 4.26. The van der Waals surface area contributed by atoms with E-state index in [0.29, 0.717) is 16.8 Å². The lowest BCUT2D eigenvalue weighted by atomic mass is 10.0. The number of carboxylic acid groups (broad SMARTS) is 1. The molecule has 0 saturated carbocycles. The molecule has 0 spiro atoms. The van der Waals surface area contributed by atoms with E-state index in [1.54, 1.807) is 52.0 Å². The Morgan fingerprint density at radius 3 is 2.22 bits per heavy atom. The normalized spacial score (nSPS) is 12.2. The molecule has 2 aromatic carbocycles. The van der Waals surface area contributed by atoms with Crippen LogP contribution < -0.4 is 11.3 Å². The van der Waals surface area contributed by atoms with Gasteiger partial charge in [-0.1, -0.05) is 26.0 Å². The molecule has 1 atom stereocenters. The highest BCUT2D eigenvalue weighted by Gasteiger charge is 2.33. The average Bonchev–Trinajstić information content (AvgIpc) is 2.88. The lowest BCUT2D eigenvalue weighted by molar-refractivity contribution is -0.144. The second-order valence-electron chi connectivity index (χ2n) is 11.4. The van der Waals surface area contributed by atoms with Gasteiger partial charge in [0.05, 0.1) is 5.69 Å². The first-order valence-corrected chi connectivity index (χ1v) is 13.2. The van der Waals surface area contributed by atoms with E-state index in [9.17, 15) is 28.7 Å². The molecule has 3 N–H and O–H groups in total. The van der Waals surface area contributed by atoms with Crippen molar-refractivity contribution in [3.05, 3.63) is 93.2 Å². The summed E-state index contributed by atoms with van der Waals surface area (Å²) in [4.78, 5) is 52.3. The zero-order valence-corrected chi connectivity index (χ0v) is 24.1. The number of carboxylic acids is 1. The van der Waals surface area contributed by atoms with E-state index in [1.807, 2.05) is 13.8 Å². The molecule has 1 heterocycles. The van der Waals surface area contributed by atoms with Crippen LogP contribution >= 0.6 is 0 Å². The van der Waals surface area contributed by atoms with E-state index in [4.69, 9.17) is 10.5 Å². The average molecular weight is 566 g/mol. The molecule has 0 bridgehead atoms. The van der Waals surface area contributed by atoms with Crippen LogP contribution in [0.5, 0.6) is 0 Å². The van der Waals surface area contributed by atoms with Crippen LogP contribution in [-0.4, -0.2) is 44.1 Å². The Morgan fingerprint density at radius 1 is 1.05 bits per heavy atom. The van der Waals surface area contributed by atoms with Crippen molar-refractivity contribution < 1.29 is 28.6 Å². The van der Waals surface area contributed by atoms with Crippen molar-refractivity contribution in [1.29, 1.82) is 0 Å². The topological polar surface area (TPSA) is 132 Å². The van der Waals surface area contributed by atoms with E-state index in [-0.39, 0.29) is 35.7 Å². The van der Waals surface area contributed by atoms with Gasteiger partial charge in [0, 0.05) is 29.6 Å². The third-order valence-electron chi connectivity index (χ3n) is 6.28. The zero-order chi connectivity index (χ0) is 30.6. The lowest BCUT2D eigenvalue weighted by Gasteiger charge is -2.32. The van der Waals surface area contributed by atoms with Gasteiger partial charge in [-0.15, -0.1) is 0 Å². The summed E-state index contributed by atoms with van der Waals surface area (Å²) in [5.41, 5.74) is 6.15. The standard InChI is InChI=1S/C31H36FN3O6/c1-18(2)13-26(29(38)39)35(30(40)41-31(4,5)6)16-20-7-10-23(11-8-20)34-17-22(15-25(33)28(34)37)27(36)21-9-12-24(32)19(3)14-21/h7-12,14-15,17-18,26H,13,16,33H2,1-6H3,(H,38,39). The molecule has 10 heteroatoms. The first-order valence-electron chi connectivity index (χ1n) is 13.2. The second kappa shape index (κ2) is 12.4. The largest absolute Gasteiger partial charge is 0.480 e. The molecular formula is C31H36FN3O6. The van der Waals surface area contributed by atoms with Crippen molar-refractivity contribution in [2.45, 2.75) is 66.2 Å². The highest BCUT2D eigenvalue weighted by atomic mass is 19.1. The molecular weight excluding hydrogens is 529 g/mol. The molecule has 3 aromatic rings. The van der Waals surface area contributed by atoms with Gasteiger partial charge in [-0.05, 0) is 87.6 Å². The molecule has 1 amide bonds. The van der Waals surface area contributed by atoms with Crippen LogP contribution in [0.3, 0.4) is 0 Å². The molecule has 41 heavy (non-hydrogen) atoms. The van der Waals surface area contributed by atoms with Gasteiger partial charge in [-0.25, -0.2) is 14.0 Å². The summed E-state index contributed by atoms with van der Waals surface area (Å²) in [6.45, 7) is 10.4. The van der Waals surface area contributed by atoms with Crippen molar-refractivity contribution in [1.82, 2.24) is 9.47 Å². The highest BCUT2D eigenvalue weighted by molar-refractivity contribution is 6.09. The number of rotatable bonds is 9. The van der Waals surface area contributed by atoms with E-state index in [1.165, 1.54) is 39.9 Å². The molecule has 1 unspecified atom stereocenters. The Kier molecular flexibility index (Phi) is 9.37. The number of nitrogen functional groups attached to an aromatic ring is 1. The zero-order valence-electron chi connectivity index (χ0n) is 24.1. The number of aryl methyl sites for hydroxylation is 1. The number of ketones is 1. The molecule has 9 nitrogen and oxygen atoms in total. The smallest absolute Gasteiger partial charge is 0.411 e. The Hall–Kier alpha value is -4.47. The Balaban J connectivity index is 1.95. The number of nitrogens with zero attached hydrogens (tertiary/aromatic N) is 2. The monoisotopic (exact) mass is 565 g/mol. The summed E-state index contributed by atoms with van der Waals surface area (Å²) in [6.07, 6.45) is 0.849. The first-order chi connectivity index (χ1) is 19.1. The van der Waals surface area contributed by atoms with Crippen molar-refractivity contribution in [3.63, 3.8) is 0 Å². The molecule has 0 aliphatic rings. The number of nitrogens with two attached hydrogens (primary N) is 1. The maximum absolute atomic E-state index is 13.7. The first kappa shape index (κ1) is 31.1. The van der Waals surface area contributed by atoms with E-state index >= 15 is 0 Å². The minimum Gasteiger partial charge on any atom is -0.480 e. The number of halogens is 1. The number of anilines is 1. The van der Waals surface area contributed by atoms with Crippen LogP contribution in [0.4, 0.5) is 14.9 Å². The number of aromatic nitrogens is 1. The summed E-state index contributed by atoms with van der Waals surface area (Å²) in [5, 5.41) is 9.90. The van der Waals surface area contributed by atoms with Crippen molar-refractivity contribution >= 4 is 23.5 Å². The predicted octanol–water partition coefficient (Wildman–Crippen LogP) is 5.33. The van der Waals surface area contributed by atoms with Crippen molar-refractivity contribution in [2.75, 3.05) is 5.73 Å². The fraction of sp³-hybridized carbons (Fsp3) is 0.355.